The summed E-state index contributed by atoms with van der Waals surface area (Å²) < 4.78 is 25.9. The molecule has 0 amide bonds. The third kappa shape index (κ3) is 1.58. The second-order valence-corrected chi connectivity index (χ2v) is 3.10. The minimum atomic E-state index is -0.472. The van der Waals surface area contributed by atoms with E-state index in [-0.39, 0.29) is 5.56 Å². The molecule has 0 aliphatic heterocycles. The molecule has 0 atom stereocenters. The van der Waals surface area contributed by atoms with E-state index in [0.717, 1.165) is 18.2 Å². The van der Waals surface area contributed by atoms with Crippen LogP contribution < -0.4 is 0 Å². The zero-order valence-electron chi connectivity index (χ0n) is 6.42. The second-order valence-electron chi connectivity index (χ2n) is 2.45. The highest BCUT2D eigenvalue weighted by molar-refractivity contribution is 7.07. The number of benzene rings is 1. The number of nitrogens with zero attached hydrogens (tertiary/aromatic N) is 1. The number of hydrogen-bond donors (Lipinski definition) is 0. The fourth-order valence-electron chi connectivity index (χ4n) is 1.00. The van der Waals surface area contributed by atoms with Crippen molar-refractivity contribution < 1.29 is 8.78 Å². The summed E-state index contributed by atoms with van der Waals surface area (Å²) >= 11 is 1.22. The van der Waals surface area contributed by atoms with Crippen molar-refractivity contribution in [1.82, 2.24) is 4.98 Å². The standard InChI is InChI=1S/C9H4F2NS/c10-6-1-2-8(11)7(3-6)9-4-13-5-12-9/h1-4H. The Morgan fingerprint density at radius 2 is 2.15 bits per heavy atom. The molecule has 0 fully saturated rings. The van der Waals surface area contributed by atoms with Gasteiger partial charge in [0.2, 0.25) is 0 Å². The third-order valence-corrected chi connectivity index (χ3v) is 2.13. The summed E-state index contributed by atoms with van der Waals surface area (Å²) in [7, 11) is 0. The molecule has 1 aromatic heterocycles. The lowest BCUT2D eigenvalue weighted by molar-refractivity contribution is 0.603. The highest BCUT2D eigenvalue weighted by Crippen LogP contribution is 2.22. The van der Waals surface area contributed by atoms with Gasteiger partial charge in [0.05, 0.1) is 5.69 Å². The number of rotatable bonds is 1. The van der Waals surface area contributed by atoms with Crippen molar-refractivity contribution in [3.63, 3.8) is 0 Å². The van der Waals surface area contributed by atoms with Crippen LogP contribution in [-0.4, -0.2) is 4.98 Å². The maximum atomic E-state index is 13.1. The molecule has 0 saturated heterocycles. The molecule has 1 heterocycles. The SMILES string of the molecule is Fc1ccc(F)c(-c2cs[c]n2)c1. The van der Waals surface area contributed by atoms with Crippen molar-refractivity contribution in [2.45, 2.75) is 0 Å². The van der Waals surface area contributed by atoms with E-state index in [2.05, 4.69) is 10.5 Å². The quantitative estimate of drug-likeness (QED) is 0.683. The van der Waals surface area contributed by atoms with Gasteiger partial charge in [-0.1, -0.05) is 0 Å². The van der Waals surface area contributed by atoms with Gasteiger partial charge in [0, 0.05) is 10.9 Å². The summed E-state index contributed by atoms with van der Waals surface area (Å²) in [6, 6.07) is 3.29. The molecule has 1 aromatic carbocycles. The zero-order chi connectivity index (χ0) is 9.26. The average Bonchev–Trinajstić information content (AvgIpc) is 2.61. The van der Waals surface area contributed by atoms with E-state index in [1.807, 2.05) is 0 Å². The monoisotopic (exact) mass is 196 g/mol. The van der Waals surface area contributed by atoms with Crippen LogP contribution in [0, 0.1) is 17.1 Å². The van der Waals surface area contributed by atoms with Gasteiger partial charge in [-0.15, -0.1) is 11.3 Å². The Kier molecular flexibility index (Phi) is 2.06. The fraction of sp³-hybridized carbons (Fsp3) is 0. The van der Waals surface area contributed by atoms with Crippen LogP contribution in [0.3, 0.4) is 0 Å². The summed E-state index contributed by atoms with van der Waals surface area (Å²) in [6.07, 6.45) is 0. The Morgan fingerprint density at radius 3 is 2.85 bits per heavy atom. The Balaban J connectivity index is 2.57. The Bertz CT molecular complexity index is 412. The maximum absolute atomic E-state index is 13.1. The first-order chi connectivity index (χ1) is 6.27. The van der Waals surface area contributed by atoms with Crippen LogP contribution in [0.15, 0.2) is 23.6 Å². The molecule has 4 heteroatoms. The highest BCUT2D eigenvalue weighted by Gasteiger charge is 2.07. The third-order valence-electron chi connectivity index (χ3n) is 1.59. The molecule has 0 aliphatic rings. The van der Waals surface area contributed by atoms with Gasteiger partial charge in [-0.05, 0) is 18.2 Å². The van der Waals surface area contributed by atoms with Gasteiger partial charge in [0.25, 0.3) is 0 Å². The van der Waals surface area contributed by atoms with Crippen LogP contribution in [0.25, 0.3) is 11.3 Å². The van der Waals surface area contributed by atoms with Crippen molar-refractivity contribution in [2.75, 3.05) is 0 Å². The van der Waals surface area contributed by atoms with E-state index in [0.29, 0.717) is 5.69 Å². The van der Waals surface area contributed by atoms with E-state index >= 15 is 0 Å². The van der Waals surface area contributed by atoms with Crippen LogP contribution in [0.1, 0.15) is 0 Å². The molecule has 0 N–H and O–H groups in total. The van der Waals surface area contributed by atoms with Gasteiger partial charge in [0.1, 0.15) is 11.6 Å². The normalized spacial score (nSPS) is 10.3. The molecule has 1 nitrogen and oxygen atoms in total. The number of halogens is 2. The summed E-state index contributed by atoms with van der Waals surface area (Å²) in [5, 5.41) is 1.62. The minimum absolute atomic E-state index is 0.178. The zero-order valence-corrected chi connectivity index (χ0v) is 7.24. The van der Waals surface area contributed by atoms with E-state index < -0.39 is 11.6 Å². The van der Waals surface area contributed by atoms with Crippen LogP contribution in [0.5, 0.6) is 0 Å². The first-order valence-electron chi connectivity index (χ1n) is 3.54. The molecule has 2 rings (SSSR count). The lowest BCUT2D eigenvalue weighted by Gasteiger charge is -1.98. The van der Waals surface area contributed by atoms with Crippen molar-refractivity contribution in [1.29, 1.82) is 0 Å². The Hall–Kier alpha value is -1.29. The molecule has 65 valence electrons. The summed E-state index contributed by atoms with van der Waals surface area (Å²) in [4.78, 5) is 3.78. The van der Waals surface area contributed by atoms with Crippen molar-refractivity contribution in [3.8, 4) is 11.3 Å². The van der Waals surface area contributed by atoms with E-state index in [1.54, 1.807) is 5.38 Å². The van der Waals surface area contributed by atoms with Gasteiger partial charge in [-0.2, -0.15) is 0 Å². The topological polar surface area (TPSA) is 12.9 Å². The lowest BCUT2D eigenvalue weighted by Crippen LogP contribution is -1.85. The number of aromatic nitrogens is 1. The predicted molar refractivity (Wildman–Crippen MR) is 46.3 cm³/mol. The second kappa shape index (κ2) is 3.22. The molecule has 0 unspecified atom stereocenters. The van der Waals surface area contributed by atoms with Gasteiger partial charge in [-0.25, -0.2) is 13.8 Å². The summed E-state index contributed by atoms with van der Waals surface area (Å²) in [5.41, 5.74) is 3.17. The number of thiazole rings is 1. The molecule has 1 radical (unpaired) electrons. The first kappa shape index (κ1) is 8.31. The van der Waals surface area contributed by atoms with Gasteiger partial charge in [-0.3, -0.25) is 0 Å². The summed E-state index contributed by atoms with van der Waals surface area (Å²) in [5.74, 6) is -0.940. The molecular formula is C9H4F2NS. The fourth-order valence-corrected chi connectivity index (χ4v) is 1.50. The predicted octanol–water partition coefficient (Wildman–Crippen LogP) is 2.89. The molecule has 0 spiro atoms. The molecule has 0 saturated carbocycles. The van der Waals surface area contributed by atoms with Crippen LogP contribution in [0.2, 0.25) is 0 Å². The van der Waals surface area contributed by atoms with Gasteiger partial charge >= 0.3 is 0 Å². The number of hydrogen-bond acceptors (Lipinski definition) is 2. The Morgan fingerprint density at radius 1 is 1.31 bits per heavy atom. The minimum Gasteiger partial charge on any atom is -0.233 e. The van der Waals surface area contributed by atoms with Crippen molar-refractivity contribution in [2.24, 2.45) is 0 Å². The van der Waals surface area contributed by atoms with E-state index in [4.69, 9.17) is 0 Å². The summed E-state index contributed by atoms with van der Waals surface area (Å²) in [6.45, 7) is 0. The highest BCUT2D eigenvalue weighted by atomic mass is 32.1. The molecule has 13 heavy (non-hydrogen) atoms. The maximum Gasteiger partial charge on any atom is 0.152 e. The first-order valence-corrected chi connectivity index (χ1v) is 4.42. The van der Waals surface area contributed by atoms with E-state index in [9.17, 15) is 8.78 Å². The van der Waals surface area contributed by atoms with Crippen LogP contribution in [-0.2, 0) is 0 Å². The molecular weight excluding hydrogens is 192 g/mol. The van der Waals surface area contributed by atoms with E-state index in [1.165, 1.54) is 11.3 Å². The largest absolute Gasteiger partial charge is 0.233 e. The average molecular weight is 196 g/mol. The molecule has 2 aromatic rings. The molecule has 0 aliphatic carbocycles. The van der Waals surface area contributed by atoms with Crippen molar-refractivity contribution in [3.05, 3.63) is 40.7 Å². The smallest absolute Gasteiger partial charge is 0.152 e. The van der Waals surface area contributed by atoms with Crippen molar-refractivity contribution >= 4 is 11.3 Å². The van der Waals surface area contributed by atoms with Gasteiger partial charge < -0.3 is 0 Å². The lowest BCUT2D eigenvalue weighted by atomic mass is 10.1. The van der Waals surface area contributed by atoms with Crippen LogP contribution >= 0.6 is 11.3 Å². The molecule has 0 bridgehead atoms. The van der Waals surface area contributed by atoms with Crippen LogP contribution in [0.4, 0.5) is 8.78 Å². The Labute approximate surface area is 77.7 Å². The van der Waals surface area contributed by atoms with Gasteiger partial charge in [0.15, 0.2) is 5.51 Å².